The fourth-order valence-corrected chi connectivity index (χ4v) is 3.81. The van der Waals surface area contributed by atoms with Gasteiger partial charge in [-0.25, -0.2) is 4.79 Å². The molecule has 0 spiro atoms. The molecule has 1 atom stereocenters. The standard InChI is InChI=1S/C20H17Cl2NO4S/c1-25-16-6-5-12(8-18(16)26-2)17(27-20(24)19-4-3-7-28-19)9-13-14(21)10-23-11-15(13)22/h3-8,10-11,17H,9H2,1-2H3. The van der Waals surface area contributed by atoms with Crippen LogP contribution in [0.2, 0.25) is 10.0 Å². The Morgan fingerprint density at radius 3 is 2.43 bits per heavy atom. The predicted octanol–water partition coefficient (Wildman–Crippen LogP) is 5.61. The molecule has 5 nitrogen and oxygen atoms in total. The van der Waals surface area contributed by atoms with E-state index in [9.17, 15) is 4.79 Å². The van der Waals surface area contributed by atoms with Gasteiger partial charge in [-0.1, -0.05) is 35.3 Å². The monoisotopic (exact) mass is 437 g/mol. The molecule has 0 aliphatic carbocycles. The summed E-state index contributed by atoms with van der Waals surface area (Å²) in [7, 11) is 3.10. The minimum Gasteiger partial charge on any atom is -0.493 e. The number of hydrogen-bond donors (Lipinski definition) is 0. The van der Waals surface area contributed by atoms with Crippen molar-refractivity contribution in [3.8, 4) is 11.5 Å². The zero-order valence-electron chi connectivity index (χ0n) is 15.1. The number of rotatable bonds is 7. The van der Waals surface area contributed by atoms with E-state index < -0.39 is 12.1 Å². The van der Waals surface area contributed by atoms with Gasteiger partial charge in [0.1, 0.15) is 11.0 Å². The zero-order valence-corrected chi connectivity index (χ0v) is 17.5. The molecule has 0 fully saturated rings. The van der Waals surface area contributed by atoms with Crippen molar-refractivity contribution in [1.82, 2.24) is 4.98 Å². The minimum atomic E-state index is -0.633. The quantitative estimate of drug-likeness (QED) is 0.449. The van der Waals surface area contributed by atoms with Crippen LogP contribution in [0.5, 0.6) is 11.5 Å². The lowest BCUT2D eigenvalue weighted by molar-refractivity contribution is 0.0303. The highest BCUT2D eigenvalue weighted by Gasteiger charge is 2.23. The number of carbonyl (C=O) groups is 1. The molecule has 2 aromatic heterocycles. The first-order valence-corrected chi connectivity index (χ1v) is 9.91. The summed E-state index contributed by atoms with van der Waals surface area (Å²) in [6, 6.07) is 8.86. The second kappa shape index (κ2) is 9.28. The number of benzene rings is 1. The zero-order chi connectivity index (χ0) is 20.1. The molecule has 0 radical (unpaired) electrons. The second-order valence-corrected chi connectivity index (χ2v) is 7.53. The maximum absolute atomic E-state index is 12.6. The summed E-state index contributed by atoms with van der Waals surface area (Å²) >= 11 is 13.9. The molecule has 3 aromatic rings. The SMILES string of the molecule is COc1ccc(C(Cc2c(Cl)cncc2Cl)OC(=O)c2cccs2)cc1OC. The summed E-state index contributed by atoms with van der Waals surface area (Å²) < 4.78 is 16.5. The Balaban J connectivity index is 1.97. The van der Waals surface area contributed by atoms with Gasteiger partial charge in [0.15, 0.2) is 11.5 Å². The smallest absolute Gasteiger partial charge is 0.348 e. The maximum Gasteiger partial charge on any atom is 0.348 e. The third-order valence-electron chi connectivity index (χ3n) is 4.09. The van der Waals surface area contributed by atoms with E-state index in [-0.39, 0.29) is 6.42 Å². The van der Waals surface area contributed by atoms with Crippen LogP contribution in [0, 0.1) is 0 Å². The highest BCUT2D eigenvalue weighted by molar-refractivity contribution is 7.11. The highest BCUT2D eigenvalue weighted by Crippen LogP contribution is 2.35. The average molecular weight is 438 g/mol. The van der Waals surface area contributed by atoms with Gasteiger partial charge in [-0.3, -0.25) is 4.98 Å². The summed E-state index contributed by atoms with van der Waals surface area (Å²) in [6.45, 7) is 0. The van der Waals surface area contributed by atoms with Gasteiger partial charge in [-0.2, -0.15) is 0 Å². The summed E-state index contributed by atoms with van der Waals surface area (Å²) in [5.41, 5.74) is 1.38. The molecule has 28 heavy (non-hydrogen) atoms. The van der Waals surface area contributed by atoms with Crippen LogP contribution in [-0.4, -0.2) is 25.2 Å². The fraction of sp³-hybridized carbons (Fsp3) is 0.200. The molecule has 1 aromatic carbocycles. The lowest BCUT2D eigenvalue weighted by Gasteiger charge is -2.20. The van der Waals surface area contributed by atoms with Crippen molar-refractivity contribution in [2.24, 2.45) is 0 Å². The first-order valence-electron chi connectivity index (χ1n) is 8.27. The number of aromatic nitrogens is 1. The predicted molar refractivity (Wildman–Crippen MR) is 110 cm³/mol. The maximum atomic E-state index is 12.6. The van der Waals surface area contributed by atoms with Crippen molar-refractivity contribution in [3.63, 3.8) is 0 Å². The molecule has 146 valence electrons. The number of halogens is 2. The number of nitrogens with zero attached hydrogens (tertiary/aromatic N) is 1. The van der Waals surface area contributed by atoms with E-state index in [1.54, 1.807) is 38.5 Å². The van der Waals surface area contributed by atoms with E-state index in [1.807, 2.05) is 11.4 Å². The third kappa shape index (κ3) is 4.58. The van der Waals surface area contributed by atoms with Crippen LogP contribution >= 0.6 is 34.5 Å². The number of methoxy groups -OCH3 is 2. The first-order chi connectivity index (χ1) is 13.5. The normalized spacial score (nSPS) is 11.7. The molecular weight excluding hydrogens is 421 g/mol. The van der Waals surface area contributed by atoms with E-state index in [0.29, 0.717) is 32.0 Å². The van der Waals surface area contributed by atoms with Gasteiger partial charge in [0, 0.05) is 18.8 Å². The first kappa shape index (κ1) is 20.5. The molecule has 0 amide bonds. The summed E-state index contributed by atoms with van der Waals surface area (Å²) in [4.78, 5) is 17.1. The van der Waals surface area contributed by atoms with Gasteiger partial charge in [-0.05, 0) is 34.7 Å². The topological polar surface area (TPSA) is 57.7 Å². The van der Waals surface area contributed by atoms with Gasteiger partial charge in [0.05, 0.1) is 24.3 Å². The lowest BCUT2D eigenvalue weighted by Crippen LogP contribution is -2.14. The molecule has 0 N–H and O–H groups in total. The number of hydrogen-bond acceptors (Lipinski definition) is 6. The Morgan fingerprint density at radius 2 is 1.82 bits per heavy atom. The van der Waals surface area contributed by atoms with E-state index in [2.05, 4.69) is 4.98 Å². The number of ether oxygens (including phenoxy) is 3. The van der Waals surface area contributed by atoms with Crippen LogP contribution in [0.25, 0.3) is 0 Å². The second-order valence-electron chi connectivity index (χ2n) is 5.77. The van der Waals surface area contributed by atoms with Crippen molar-refractivity contribution in [2.45, 2.75) is 12.5 Å². The molecular formula is C20H17Cl2NO4S. The van der Waals surface area contributed by atoms with Gasteiger partial charge in [0.2, 0.25) is 0 Å². The van der Waals surface area contributed by atoms with Gasteiger partial charge < -0.3 is 14.2 Å². The lowest BCUT2D eigenvalue weighted by atomic mass is 10.0. The number of thiophene rings is 1. The van der Waals surface area contributed by atoms with Crippen LogP contribution in [0.3, 0.4) is 0 Å². The number of esters is 1. The van der Waals surface area contributed by atoms with Crippen LogP contribution in [0.15, 0.2) is 48.1 Å². The Labute approximate surface area is 176 Å². The van der Waals surface area contributed by atoms with Crippen LogP contribution in [-0.2, 0) is 11.2 Å². The van der Waals surface area contributed by atoms with E-state index in [1.165, 1.54) is 23.7 Å². The average Bonchev–Trinajstić information content (AvgIpc) is 3.24. The van der Waals surface area contributed by atoms with Gasteiger partial charge in [0.25, 0.3) is 0 Å². The molecule has 1 unspecified atom stereocenters. The van der Waals surface area contributed by atoms with Crippen molar-refractivity contribution < 1.29 is 19.0 Å². The molecule has 0 saturated heterocycles. The summed E-state index contributed by atoms with van der Waals surface area (Å²) in [6.07, 6.45) is 2.67. The highest BCUT2D eigenvalue weighted by atomic mass is 35.5. The van der Waals surface area contributed by atoms with Gasteiger partial charge in [-0.15, -0.1) is 11.3 Å². The molecule has 2 heterocycles. The molecule has 0 bridgehead atoms. The van der Waals surface area contributed by atoms with Crippen molar-refractivity contribution in [3.05, 3.63) is 74.2 Å². The van der Waals surface area contributed by atoms with Crippen LogP contribution in [0.1, 0.15) is 26.9 Å². The largest absolute Gasteiger partial charge is 0.493 e. The van der Waals surface area contributed by atoms with Crippen LogP contribution in [0.4, 0.5) is 0 Å². The Bertz CT molecular complexity index is 943. The fourth-order valence-electron chi connectivity index (χ4n) is 2.68. The van der Waals surface area contributed by atoms with E-state index in [4.69, 9.17) is 37.4 Å². The molecule has 0 aliphatic heterocycles. The van der Waals surface area contributed by atoms with E-state index >= 15 is 0 Å². The molecule has 0 aliphatic rings. The Kier molecular flexibility index (Phi) is 6.78. The van der Waals surface area contributed by atoms with Gasteiger partial charge >= 0.3 is 5.97 Å². The minimum absolute atomic E-state index is 0.285. The number of pyridine rings is 1. The molecule has 8 heteroatoms. The third-order valence-corrected chi connectivity index (χ3v) is 5.59. The van der Waals surface area contributed by atoms with Crippen molar-refractivity contribution >= 4 is 40.5 Å². The number of carbonyl (C=O) groups excluding carboxylic acids is 1. The van der Waals surface area contributed by atoms with Crippen LogP contribution < -0.4 is 9.47 Å². The molecule has 3 rings (SSSR count). The summed E-state index contributed by atoms with van der Waals surface area (Å²) in [5.74, 6) is 0.690. The van der Waals surface area contributed by atoms with Crippen molar-refractivity contribution in [1.29, 1.82) is 0 Å². The Hall–Kier alpha value is -2.28. The molecule has 0 saturated carbocycles. The Morgan fingerprint density at radius 1 is 1.11 bits per heavy atom. The summed E-state index contributed by atoms with van der Waals surface area (Å²) in [5, 5.41) is 2.63. The van der Waals surface area contributed by atoms with Crippen molar-refractivity contribution in [2.75, 3.05) is 14.2 Å². The van der Waals surface area contributed by atoms with E-state index in [0.717, 1.165) is 5.56 Å².